The highest BCUT2D eigenvalue weighted by Crippen LogP contribution is 2.17. The number of nitrogens with zero attached hydrogens (tertiary/aromatic N) is 8. The van der Waals surface area contributed by atoms with Crippen LogP contribution in [0.3, 0.4) is 0 Å². The Labute approximate surface area is 186 Å². The third-order valence-electron chi connectivity index (χ3n) is 4.70. The van der Waals surface area contributed by atoms with Crippen molar-refractivity contribution < 1.29 is 14.3 Å². The second-order valence-electron chi connectivity index (χ2n) is 8.33. The maximum absolute atomic E-state index is 12.2. The minimum absolute atomic E-state index is 0.286. The molecule has 32 heavy (non-hydrogen) atoms. The van der Waals surface area contributed by atoms with Crippen LogP contribution in [-0.4, -0.2) is 72.5 Å². The molecule has 0 radical (unpaired) electrons. The topological polar surface area (TPSA) is 111 Å². The van der Waals surface area contributed by atoms with Crippen LogP contribution < -0.4 is 9.64 Å². The van der Waals surface area contributed by atoms with Gasteiger partial charge in [-0.25, -0.2) is 29.4 Å². The lowest BCUT2D eigenvalue weighted by atomic mass is 10.2. The molecule has 4 rings (SSSR count). The van der Waals surface area contributed by atoms with E-state index in [-0.39, 0.29) is 6.09 Å². The summed E-state index contributed by atoms with van der Waals surface area (Å²) in [5.41, 5.74) is 0.416. The van der Waals surface area contributed by atoms with Crippen molar-refractivity contribution in [1.29, 1.82) is 0 Å². The summed E-state index contributed by atoms with van der Waals surface area (Å²) in [5.74, 6) is 1.87. The van der Waals surface area contributed by atoms with E-state index in [1.807, 2.05) is 37.8 Å². The largest absolute Gasteiger partial charge is 0.486 e. The number of piperazine rings is 1. The maximum atomic E-state index is 12.2. The lowest BCUT2D eigenvalue weighted by Gasteiger charge is -2.35. The standard InChI is InChI=1S/C21H26N8O3/c1-21(2,3)32-20(30)28-8-6-27(7-9-28)19-24-11-17(12-25-19)31-13-16-4-5-18(23-10-16)29-15-22-14-26-29/h4-5,10-12,14-15H,6-9,13H2,1-3H3. The number of carbonyl (C=O) groups is 1. The Morgan fingerprint density at radius 2 is 1.78 bits per heavy atom. The van der Waals surface area contributed by atoms with Crippen molar-refractivity contribution in [3.63, 3.8) is 0 Å². The predicted octanol–water partition coefficient (Wildman–Crippen LogP) is 2.09. The molecule has 0 aliphatic carbocycles. The molecule has 0 saturated carbocycles. The summed E-state index contributed by atoms with van der Waals surface area (Å²) in [6.45, 7) is 8.35. The van der Waals surface area contributed by atoms with Crippen molar-refractivity contribution in [3.8, 4) is 11.6 Å². The van der Waals surface area contributed by atoms with Gasteiger partial charge in [0.2, 0.25) is 5.95 Å². The molecule has 0 N–H and O–H groups in total. The number of pyridine rings is 1. The average Bonchev–Trinajstić information content (AvgIpc) is 3.32. The number of carbonyl (C=O) groups excluding carboxylic acids is 1. The first kappa shape index (κ1) is 21.5. The van der Waals surface area contributed by atoms with Crippen LogP contribution in [0.5, 0.6) is 5.75 Å². The molecule has 3 aromatic rings. The van der Waals surface area contributed by atoms with Crippen LogP contribution in [-0.2, 0) is 11.3 Å². The Hall–Kier alpha value is -3.76. The normalized spacial score (nSPS) is 14.3. The second-order valence-corrected chi connectivity index (χ2v) is 8.33. The van der Waals surface area contributed by atoms with Gasteiger partial charge in [-0.15, -0.1) is 0 Å². The summed E-state index contributed by atoms with van der Waals surface area (Å²) in [6, 6.07) is 3.77. The van der Waals surface area contributed by atoms with Crippen LogP contribution >= 0.6 is 0 Å². The van der Waals surface area contributed by atoms with Crippen LogP contribution in [0, 0.1) is 0 Å². The summed E-state index contributed by atoms with van der Waals surface area (Å²) in [6.07, 6.45) is 7.80. The zero-order valence-electron chi connectivity index (χ0n) is 18.4. The SMILES string of the molecule is CC(C)(C)OC(=O)N1CCN(c2ncc(OCc3ccc(-n4cncn4)nc3)cn2)CC1. The molecule has 3 aromatic heterocycles. The number of anilines is 1. The van der Waals surface area contributed by atoms with E-state index in [0.29, 0.717) is 50.3 Å². The van der Waals surface area contributed by atoms with Gasteiger partial charge in [-0.2, -0.15) is 5.10 Å². The van der Waals surface area contributed by atoms with E-state index in [1.54, 1.807) is 34.5 Å². The third kappa shape index (κ3) is 5.48. The van der Waals surface area contributed by atoms with Crippen LogP contribution in [0.25, 0.3) is 5.82 Å². The number of rotatable bonds is 5. The van der Waals surface area contributed by atoms with Gasteiger partial charge >= 0.3 is 6.09 Å². The average molecular weight is 438 g/mol. The van der Waals surface area contributed by atoms with Crippen molar-refractivity contribution in [2.45, 2.75) is 33.0 Å². The first-order valence-electron chi connectivity index (χ1n) is 10.3. The fraction of sp³-hybridized carbons (Fsp3) is 0.429. The van der Waals surface area contributed by atoms with Crippen molar-refractivity contribution in [2.75, 3.05) is 31.1 Å². The molecule has 1 aliphatic rings. The van der Waals surface area contributed by atoms with Crippen molar-refractivity contribution >= 4 is 12.0 Å². The zero-order chi connectivity index (χ0) is 22.6. The Bertz CT molecular complexity index is 1010. The molecule has 11 heteroatoms. The molecule has 1 amide bonds. The minimum Gasteiger partial charge on any atom is -0.486 e. The lowest BCUT2D eigenvalue weighted by Crippen LogP contribution is -2.50. The van der Waals surface area contributed by atoms with Gasteiger partial charge in [-0.3, -0.25) is 0 Å². The lowest BCUT2D eigenvalue weighted by molar-refractivity contribution is 0.0240. The van der Waals surface area contributed by atoms with E-state index >= 15 is 0 Å². The number of ether oxygens (including phenoxy) is 2. The van der Waals surface area contributed by atoms with Gasteiger partial charge in [-0.1, -0.05) is 6.07 Å². The van der Waals surface area contributed by atoms with E-state index in [1.165, 1.54) is 6.33 Å². The van der Waals surface area contributed by atoms with Crippen molar-refractivity contribution in [3.05, 3.63) is 48.9 Å². The maximum Gasteiger partial charge on any atom is 0.410 e. The number of hydrogen-bond acceptors (Lipinski definition) is 9. The Morgan fingerprint density at radius 3 is 2.38 bits per heavy atom. The highest BCUT2D eigenvalue weighted by molar-refractivity contribution is 5.68. The molecule has 0 spiro atoms. The molecule has 0 unspecified atom stereocenters. The van der Waals surface area contributed by atoms with Crippen LogP contribution in [0.4, 0.5) is 10.7 Å². The highest BCUT2D eigenvalue weighted by Gasteiger charge is 2.26. The Kier molecular flexibility index (Phi) is 6.15. The third-order valence-corrected chi connectivity index (χ3v) is 4.70. The van der Waals surface area contributed by atoms with Gasteiger partial charge in [0, 0.05) is 37.9 Å². The number of hydrogen-bond donors (Lipinski definition) is 0. The minimum atomic E-state index is -0.497. The van der Waals surface area contributed by atoms with Crippen LogP contribution in [0.1, 0.15) is 26.3 Å². The molecule has 0 atom stereocenters. The van der Waals surface area contributed by atoms with Crippen molar-refractivity contribution in [1.82, 2.24) is 34.6 Å². The molecule has 1 saturated heterocycles. The molecule has 1 aliphatic heterocycles. The fourth-order valence-corrected chi connectivity index (χ4v) is 3.09. The van der Waals surface area contributed by atoms with Gasteiger partial charge in [0.25, 0.3) is 0 Å². The Balaban J connectivity index is 1.26. The number of aromatic nitrogens is 6. The molecular weight excluding hydrogens is 412 g/mol. The van der Waals surface area contributed by atoms with E-state index in [0.717, 1.165) is 5.56 Å². The monoisotopic (exact) mass is 438 g/mol. The molecule has 1 fully saturated rings. The van der Waals surface area contributed by atoms with E-state index in [4.69, 9.17) is 9.47 Å². The van der Waals surface area contributed by atoms with E-state index in [2.05, 4.69) is 25.0 Å². The van der Waals surface area contributed by atoms with Gasteiger partial charge in [0.1, 0.15) is 24.9 Å². The van der Waals surface area contributed by atoms with E-state index in [9.17, 15) is 4.79 Å². The molecule has 168 valence electrons. The summed E-state index contributed by atoms with van der Waals surface area (Å²) in [5, 5.41) is 4.05. The molecular formula is C21H26N8O3. The summed E-state index contributed by atoms with van der Waals surface area (Å²) in [7, 11) is 0. The number of amides is 1. The first-order valence-corrected chi connectivity index (χ1v) is 10.3. The second kappa shape index (κ2) is 9.16. The predicted molar refractivity (Wildman–Crippen MR) is 116 cm³/mol. The molecule has 0 aromatic carbocycles. The molecule has 11 nitrogen and oxygen atoms in total. The van der Waals surface area contributed by atoms with Gasteiger partial charge in [-0.05, 0) is 26.8 Å². The van der Waals surface area contributed by atoms with Crippen molar-refractivity contribution in [2.24, 2.45) is 0 Å². The smallest absolute Gasteiger partial charge is 0.410 e. The van der Waals surface area contributed by atoms with E-state index < -0.39 is 5.60 Å². The van der Waals surface area contributed by atoms with Crippen LogP contribution in [0.2, 0.25) is 0 Å². The van der Waals surface area contributed by atoms with Crippen LogP contribution in [0.15, 0.2) is 43.4 Å². The quantitative estimate of drug-likeness (QED) is 0.591. The zero-order valence-corrected chi connectivity index (χ0v) is 18.4. The molecule has 0 bridgehead atoms. The van der Waals surface area contributed by atoms with Gasteiger partial charge < -0.3 is 19.3 Å². The molecule has 4 heterocycles. The summed E-state index contributed by atoms with van der Waals surface area (Å²) < 4.78 is 12.8. The first-order chi connectivity index (χ1) is 15.4. The fourth-order valence-electron chi connectivity index (χ4n) is 3.09. The van der Waals surface area contributed by atoms with Gasteiger partial charge in [0.15, 0.2) is 11.6 Å². The highest BCUT2D eigenvalue weighted by atomic mass is 16.6. The Morgan fingerprint density at radius 1 is 1.03 bits per heavy atom. The summed E-state index contributed by atoms with van der Waals surface area (Å²) in [4.78, 5) is 33.0. The summed E-state index contributed by atoms with van der Waals surface area (Å²) >= 11 is 0. The van der Waals surface area contributed by atoms with Gasteiger partial charge in [0.05, 0.1) is 12.4 Å².